The molecule has 0 saturated carbocycles. The molecule has 0 spiro atoms. The number of hydrogen-bond acceptors (Lipinski definition) is 7. The number of nitrogens with one attached hydrogen (secondary N) is 1. The number of carbonyl (C=O) groups excluding carboxylic acids is 1. The van der Waals surface area contributed by atoms with Gasteiger partial charge in [-0.25, -0.2) is 4.98 Å². The molecule has 34 heavy (non-hydrogen) atoms. The van der Waals surface area contributed by atoms with Crippen LogP contribution in [0.4, 0.5) is 5.69 Å². The van der Waals surface area contributed by atoms with Crippen LogP contribution in [-0.4, -0.2) is 24.9 Å². The van der Waals surface area contributed by atoms with E-state index in [1.165, 1.54) is 5.56 Å². The van der Waals surface area contributed by atoms with E-state index in [1.54, 1.807) is 11.3 Å². The highest BCUT2D eigenvalue weighted by atomic mass is 35.5. The molecule has 0 fully saturated rings. The molecule has 1 aliphatic carbocycles. The van der Waals surface area contributed by atoms with E-state index in [2.05, 4.69) is 17.4 Å². The molecule has 2 unspecified atom stereocenters. The highest BCUT2D eigenvalue weighted by Gasteiger charge is 2.32. The van der Waals surface area contributed by atoms with Gasteiger partial charge in [0.2, 0.25) is 6.79 Å². The molecule has 1 aliphatic heterocycles. The maximum Gasteiger partial charge on any atom is 0.293 e. The van der Waals surface area contributed by atoms with Crippen molar-refractivity contribution in [2.45, 2.75) is 18.9 Å². The van der Waals surface area contributed by atoms with Gasteiger partial charge in [-0.2, -0.15) is 0 Å². The summed E-state index contributed by atoms with van der Waals surface area (Å²) in [6, 6.07) is 18.1. The van der Waals surface area contributed by atoms with Crippen molar-refractivity contribution in [2.75, 3.05) is 18.7 Å². The molecule has 1 N–H and O–H groups in total. The first kappa shape index (κ1) is 21.3. The Morgan fingerprint density at radius 1 is 1.15 bits per heavy atom. The summed E-state index contributed by atoms with van der Waals surface area (Å²) in [5, 5.41) is 5.16. The maximum absolute atomic E-state index is 10.9. The second kappa shape index (κ2) is 8.81. The monoisotopic (exact) mass is 492 g/mol. The van der Waals surface area contributed by atoms with E-state index in [1.807, 2.05) is 42.5 Å². The van der Waals surface area contributed by atoms with Crippen molar-refractivity contribution < 1.29 is 19.0 Å². The van der Waals surface area contributed by atoms with Crippen LogP contribution in [0, 0.1) is 5.92 Å². The van der Waals surface area contributed by atoms with E-state index in [0.717, 1.165) is 56.4 Å². The fourth-order valence-electron chi connectivity index (χ4n) is 4.75. The Bertz CT molecular complexity index is 1360. The minimum atomic E-state index is -0.0671. The first-order valence-corrected chi connectivity index (χ1v) is 12.3. The SMILES string of the molecule is O=COCC1CCc2cc3c(cc2C1Nc1ccc(-c2nc4ccccc4s2)c(Cl)c1)OCO3. The molecule has 3 aromatic carbocycles. The van der Waals surface area contributed by atoms with Gasteiger partial charge in [-0.05, 0) is 66.4 Å². The lowest BCUT2D eigenvalue weighted by Gasteiger charge is -2.34. The Morgan fingerprint density at radius 2 is 2.00 bits per heavy atom. The van der Waals surface area contributed by atoms with Crippen LogP contribution >= 0.6 is 22.9 Å². The third-order valence-electron chi connectivity index (χ3n) is 6.42. The number of rotatable bonds is 6. The van der Waals surface area contributed by atoms with Crippen LogP contribution in [0.15, 0.2) is 54.6 Å². The summed E-state index contributed by atoms with van der Waals surface area (Å²) in [4.78, 5) is 15.6. The summed E-state index contributed by atoms with van der Waals surface area (Å²) in [5.74, 6) is 1.64. The Morgan fingerprint density at radius 3 is 2.82 bits per heavy atom. The quantitative estimate of drug-likeness (QED) is 0.321. The lowest BCUT2D eigenvalue weighted by atomic mass is 9.79. The maximum atomic E-state index is 10.9. The summed E-state index contributed by atoms with van der Waals surface area (Å²) < 4.78 is 17.5. The fraction of sp³-hybridized carbons (Fsp3) is 0.231. The number of thiazole rings is 1. The van der Waals surface area contributed by atoms with Crippen molar-refractivity contribution in [2.24, 2.45) is 5.92 Å². The summed E-state index contributed by atoms with van der Waals surface area (Å²) in [5.41, 5.74) is 5.10. The molecule has 6 nitrogen and oxygen atoms in total. The molecule has 1 aromatic heterocycles. The van der Waals surface area contributed by atoms with E-state index >= 15 is 0 Å². The number of para-hydroxylation sites is 1. The second-order valence-corrected chi connectivity index (χ2v) is 9.87. The molecule has 8 heteroatoms. The average molecular weight is 493 g/mol. The molecule has 0 radical (unpaired) electrons. The number of carbonyl (C=O) groups is 1. The van der Waals surface area contributed by atoms with Crippen LogP contribution in [0.25, 0.3) is 20.8 Å². The van der Waals surface area contributed by atoms with E-state index in [4.69, 9.17) is 30.8 Å². The highest BCUT2D eigenvalue weighted by molar-refractivity contribution is 7.21. The van der Waals surface area contributed by atoms with Gasteiger partial charge in [0, 0.05) is 17.2 Å². The van der Waals surface area contributed by atoms with Crippen molar-refractivity contribution >= 4 is 45.3 Å². The second-order valence-electron chi connectivity index (χ2n) is 8.44. The van der Waals surface area contributed by atoms with Gasteiger partial charge < -0.3 is 19.5 Å². The lowest BCUT2D eigenvalue weighted by Crippen LogP contribution is -2.30. The van der Waals surface area contributed by atoms with E-state index in [9.17, 15) is 4.79 Å². The normalized spacial score (nSPS) is 18.5. The van der Waals surface area contributed by atoms with Crippen molar-refractivity contribution in [1.82, 2.24) is 4.98 Å². The number of halogens is 1. The van der Waals surface area contributed by atoms with Gasteiger partial charge in [0.05, 0.1) is 27.9 Å². The van der Waals surface area contributed by atoms with Gasteiger partial charge in [0.25, 0.3) is 6.47 Å². The highest BCUT2D eigenvalue weighted by Crippen LogP contribution is 2.44. The lowest BCUT2D eigenvalue weighted by molar-refractivity contribution is -0.130. The van der Waals surface area contributed by atoms with Gasteiger partial charge >= 0.3 is 0 Å². The van der Waals surface area contributed by atoms with Crippen molar-refractivity contribution in [1.29, 1.82) is 0 Å². The Labute approximate surface area is 205 Å². The predicted molar refractivity (Wildman–Crippen MR) is 133 cm³/mol. The molecular weight excluding hydrogens is 472 g/mol. The van der Waals surface area contributed by atoms with Crippen molar-refractivity contribution in [3.8, 4) is 22.1 Å². The predicted octanol–water partition coefficient (Wildman–Crippen LogP) is 6.23. The van der Waals surface area contributed by atoms with Gasteiger partial charge in [-0.3, -0.25) is 4.79 Å². The third kappa shape index (κ3) is 3.85. The minimum Gasteiger partial charge on any atom is -0.468 e. The van der Waals surface area contributed by atoms with Gasteiger partial charge in [0.1, 0.15) is 5.01 Å². The molecule has 0 bridgehead atoms. The number of hydrogen-bond donors (Lipinski definition) is 1. The van der Waals surface area contributed by atoms with Gasteiger partial charge in [-0.15, -0.1) is 11.3 Å². The molecule has 0 amide bonds. The molecule has 0 saturated heterocycles. The zero-order valence-electron chi connectivity index (χ0n) is 18.1. The molecule has 2 aliphatic rings. The van der Waals surface area contributed by atoms with Crippen LogP contribution in [0.1, 0.15) is 23.6 Å². The minimum absolute atomic E-state index is 0.0671. The largest absolute Gasteiger partial charge is 0.468 e. The topological polar surface area (TPSA) is 69.7 Å². The summed E-state index contributed by atoms with van der Waals surface area (Å²) >= 11 is 8.35. The van der Waals surface area contributed by atoms with Crippen molar-refractivity contribution in [3.05, 3.63) is 70.7 Å². The molecule has 172 valence electrons. The molecule has 4 aromatic rings. The Kier molecular flexibility index (Phi) is 5.51. The first-order valence-electron chi connectivity index (χ1n) is 11.1. The zero-order valence-corrected chi connectivity index (χ0v) is 19.7. The number of fused-ring (bicyclic) bond motifs is 3. The standard InChI is InChI=1S/C26H21ClN2O4S/c27-20-10-17(7-8-18(20)26-29-21-3-1-2-4-24(21)34-26)28-25-16(12-31-13-30)6-5-15-9-22-23(11-19(15)25)33-14-32-22/h1-4,7-11,13,16,25,28H,5-6,12,14H2. The number of anilines is 1. The van der Waals surface area contributed by atoms with Crippen LogP contribution in [-0.2, 0) is 16.0 Å². The van der Waals surface area contributed by atoms with Gasteiger partial charge in [-0.1, -0.05) is 23.7 Å². The van der Waals surface area contributed by atoms with Crippen LogP contribution in [0.2, 0.25) is 5.02 Å². The molecule has 2 heterocycles. The van der Waals surface area contributed by atoms with E-state index < -0.39 is 0 Å². The number of ether oxygens (including phenoxy) is 3. The molecule has 6 rings (SSSR count). The zero-order chi connectivity index (χ0) is 23.1. The van der Waals surface area contributed by atoms with Gasteiger partial charge in [0.15, 0.2) is 11.5 Å². The molecule has 2 atom stereocenters. The average Bonchev–Trinajstić information content (AvgIpc) is 3.48. The van der Waals surface area contributed by atoms with E-state index in [-0.39, 0.29) is 18.8 Å². The van der Waals surface area contributed by atoms with Crippen LogP contribution in [0.3, 0.4) is 0 Å². The van der Waals surface area contributed by atoms with Crippen molar-refractivity contribution in [3.63, 3.8) is 0 Å². The Hall–Kier alpha value is -3.29. The first-order chi connectivity index (χ1) is 16.7. The Balaban J connectivity index is 1.32. The summed E-state index contributed by atoms with van der Waals surface area (Å²) in [7, 11) is 0. The van der Waals surface area contributed by atoms with Crippen LogP contribution in [0.5, 0.6) is 11.5 Å². The fourth-order valence-corrected chi connectivity index (χ4v) is 6.08. The third-order valence-corrected chi connectivity index (χ3v) is 7.80. The number of aryl methyl sites for hydroxylation is 1. The van der Waals surface area contributed by atoms with Crippen LogP contribution < -0.4 is 14.8 Å². The summed E-state index contributed by atoms with van der Waals surface area (Å²) in [6.07, 6.45) is 1.77. The summed E-state index contributed by atoms with van der Waals surface area (Å²) in [6.45, 7) is 1.08. The number of aromatic nitrogens is 1. The number of nitrogens with zero attached hydrogens (tertiary/aromatic N) is 1. The molecular formula is C26H21ClN2O4S. The number of benzene rings is 3. The smallest absolute Gasteiger partial charge is 0.293 e. The van der Waals surface area contributed by atoms with E-state index in [0.29, 0.717) is 18.1 Å².